The van der Waals surface area contributed by atoms with Crippen molar-refractivity contribution in [2.45, 2.75) is 38.8 Å². The van der Waals surface area contributed by atoms with Crippen molar-refractivity contribution in [2.24, 2.45) is 17.6 Å². The molecule has 0 atom stereocenters. The number of rotatable bonds is 5. The molecule has 18 heavy (non-hydrogen) atoms. The Labute approximate surface area is 123 Å². The number of halogens is 1. The molecule has 2 nitrogen and oxygen atoms in total. The SMILES string of the molecule is CC(C)C1CC(CN)(N(C)Cc2csc(Br)c2)C1. The lowest BCUT2D eigenvalue weighted by Crippen LogP contribution is -2.60. The van der Waals surface area contributed by atoms with Crippen molar-refractivity contribution in [1.29, 1.82) is 0 Å². The molecule has 1 fully saturated rings. The first kappa shape index (κ1) is 14.5. The van der Waals surface area contributed by atoms with Gasteiger partial charge in [-0.2, -0.15) is 0 Å². The van der Waals surface area contributed by atoms with Crippen LogP contribution in [0.2, 0.25) is 0 Å². The largest absolute Gasteiger partial charge is 0.329 e. The van der Waals surface area contributed by atoms with Crippen LogP contribution in [-0.4, -0.2) is 24.0 Å². The molecular formula is C14H23BrN2S. The summed E-state index contributed by atoms with van der Waals surface area (Å²) in [5.41, 5.74) is 7.67. The third-order valence-corrected chi connectivity index (χ3v) is 6.01. The van der Waals surface area contributed by atoms with Gasteiger partial charge in [0.15, 0.2) is 0 Å². The third kappa shape index (κ3) is 2.82. The van der Waals surface area contributed by atoms with Gasteiger partial charge in [-0.15, -0.1) is 11.3 Å². The maximum Gasteiger partial charge on any atom is 0.0701 e. The van der Waals surface area contributed by atoms with Crippen LogP contribution in [0.5, 0.6) is 0 Å². The number of hydrogen-bond donors (Lipinski definition) is 1. The Balaban J connectivity index is 1.97. The molecule has 0 unspecified atom stereocenters. The highest BCUT2D eigenvalue weighted by Crippen LogP contribution is 2.45. The van der Waals surface area contributed by atoms with E-state index in [1.54, 1.807) is 11.3 Å². The Morgan fingerprint density at radius 2 is 2.22 bits per heavy atom. The van der Waals surface area contributed by atoms with Crippen LogP contribution in [0.4, 0.5) is 0 Å². The smallest absolute Gasteiger partial charge is 0.0701 e. The molecule has 0 radical (unpaired) electrons. The Hall–Kier alpha value is 0.100. The molecule has 4 heteroatoms. The summed E-state index contributed by atoms with van der Waals surface area (Å²) in [6, 6.07) is 2.21. The van der Waals surface area contributed by atoms with Crippen molar-refractivity contribution < 1.29 is 0 Å². The Morgan fingerprint density at radius 1 is 1.56 bits per heavy atom. The lowest BCUT2D eigenvalue weighted by molar-refractivity contribution is -0.0243. The zero-order valence-electron chi connectivity index (χ0n) is 11.4. The maximum absolute atomic E-state index is 6.04. The fraction of sp³-hybridized carbons (Fsp3) is 0.714. The van der Waals surface area contributed by atoms with Crippen LogP contribution in [0.25, 0.3) is 0 Å². The van der Waals surface area contributed by atoms with Crippen molar-refractivity contribution in [3.63, 3.8) is 0 Å². The first-order valence-corrected chi connectivity index (χ1v) is 8.28. The number of nitrogens with two attached hydrogens (primary N) is 1. The van der Waals surface area contributed by atoms with Crippen LogP contribution >= 0.6 is 27.3 Å². The van der Waals surface area contributed by atoms with Crippen molar-refractivity contribution in [2.75, 3.05) is 13.6 Å². The van der Waals surface area contributed by atoms with E-state index in [-0.39, 0.29) is 5.54 Å². The van der Waals surface area contributed by atoms with Gasteiger partial charge >= 0.3 is 0 Å². The van der Waals surface area contributed by atoms with E-state index >= 15 is 0 Å². The number of likely N-dealkylation sites (N-methyl/N-ethyl adjacent to an activating group) is 1. The van der Waals surface area contributed by atoms with Gasteiger partial charge in [0.2, 0.25) is 0 Å². The van der Waals surface area contributed by atoms with Crippen molar-refractivity contribution in [3.05, 3.63) is 20.8 Å². The van der Waals surface area contributed by atoms with Crippen LogP contribution < -0.4 is 5.73 Å². The minimum Gasteiger partial charge on any atom is -0.329 e. The normalized spacial score (nSPS) is 27.8. The van der Waals surface area contributed by atoms with Crippen molar-refractivity contribution in [1.82, 2.24) is 4.90 Å². The van der Waals surface area contributed by atoms with Crippen molar-refractivity contribution >= 4 is 27.3 Å². The Morgan fingerprint density at radius 3 is 2.67 bits per heavy atom. The zero-order valence-corrected chi connectivity index (χ0v) is 13.9. The van der Waals surface area contributed by atoms with Gasteiger partial charge < -0.3 is 5.73 Å². The summed E-state index contributed by atoms with van der Waals surface area (Å²) in [4.78, 5) is 2.46. The van der Waals surface area contributed by atoms with E-state index in [2.05, 4.69) is 53.2 Å². The van der Waals surface area contributed by atoms with E-state index in [0.29, 0.717) is 0 Å². The third-order valence-electron chi connectivity index (χ3n) is 4.46. The number of hydrogen-bond acceptors (Lipinski definition) is 3. The zero-order chi connectivity index (χ0) is 13.3. The molecule has 1 saturated carbocycles. The second-order valence-electron chi connectivity index (χ2n) is 5.96. The highest BCUT2D eigenvalue weighted by atomic mass is 79.9. The first-order chi connectivity index (χ1) is 8.47. The van der Waals surface area contributed by atoms with E-state index in [4.69, 9.17) is 5.73 Å². The standard InChI is InChI=1S/C14H23BrN2S/c1-10(2)12-5-14(6-12,9-16)17(3)7-11-4-13(15)18-8-11/h4,8,10,12H,5-7,9,16H2,1-3H3. The monoisotopic (exact) mass is 330 g/mol. The van der Waals surface area contributed by atoms with Crippen LogP contribution in [0.15, 0.2) is 15.2 Å². The van der Waals surface area contributed by atoms with Gasteiger partial charge in [-0.1, -0.05) is 13.8 Å². The van der Waals surface area contributed by atoms with E-state index < -0.39 is 0 Å². The fourth-order valence-electron chi connectivity index (χ4n) is 2.89. The fourth-order valence-corrected chi connectivity index (χ4v) is 4.09. The van der Waals surface area contributed by atoms with E-state index in [9.17, 15) is 0 Å². The molecule has 2 rings (SSSR count). The molecule has 1 aliphatic carbocycles. The molecule has 1 aromatic heterocycles. The van der Waals surface area contributed by atoms with Gasteiger partial charge in [-0.05, 0) is 64.7 Å². The number of nitrogens with zero attached hydrogens (tertiary/aromatic N) is 1. The Bertz CT molecular complexity index is 396. The Kier molecular flexibility index (Phi) is 4.52. The minimum absolute atomic E-state index is 0.239. The molecule has 0 aromatic carbocycles. The van der Waals surface area contributed by atoms with Gasteiger partial charge in [-0.25, -0.2) is 0 Å². The average Bonchev–Trinajstić information content (AvgIpc) is 2.62. The highest BCUT2D eigenvalue weighted by Gasteiger charge is 2.46. The second kappa shape index (κ2) is 5.61. The lowest BCUT2D eigenvalue weighted by Gasteiger charge is -2.54. The number of thiophene rings is 1. The summed E-state index contributed by atoms with van der Waals surface area (Å²) in [7, 11) is 2.22. The molecule has 0 spiro atoms. The van der Waals surface area contributed by atoms with Gasteiger partial charge in [0.1, 0.15) is 0 Å². The van der Waals surface area contributed by atoms with Gasteiger partial charge in [0.25, 0.3) is 0 Å². The summed E-state index contributed by atoms with van der Waals surface area (Å²) in [5, 5.41) is 2.23. The molecule has 1 heterocycles. The van der Waals surface area contributed by atoms with Crippen molar-refractivity contribution in [3.8, 4) is 0 Å². The lowest BCUT2D eigenvalue weighted by atomic mass is 9.63. The molecule has 2 N–H and O–H groups in total. The maximum atomic E-state index is 6.04. The van der Waals surface area contributed by atoms with Crippen LogP contribution in [0.1, 0.15) is 32.3 Å². The summed E-state index contributed by atoms with van der Waals surface area (Å²) in [6.45, 7) is 6.42. The molecule has 1 aromatic rings. The molecular weight excluding hydrogens is 308 g/mol. The molecule has 0 bridgehead atoms. The first-order valence-electron chi connectivity index (χ1n) is 6.61. The van der Waals surface area contributed by atoms with Gasteiger partial charge in [-0.3, -0.25) is 4.90 Å². The van der Waals surface area contributed by atoms with E-state index in [1.165, 1.54) is 22.2 Å². The quantitative estimate of drug-likeness (QED) is 0.891. The molecule has 102 valence electrons. The van der Waals surface area contributed by atoms with Crippen LogP contribution in [-0.2, 0) is 6.54 Å². The molecule has 1 aliphatic rings. The molecule has 0 amide bonds. The summed E-state index contributed by atoms with van der Waals surface area (Å²) >= 11 is 5.28. The van der Waals surface area contributed by atoms with Crippen LogP contribution in [0, 0.1) is 11.8 Å². The predicted molar refractivity (Wildman–Crippen MR) is 82.8 cm³/mol. The van der Waals surface area contributed by atoms with E-state index in [0.717, 1.165) is 24.9 Å². The van der Waals surface area contributed by atoms with Crippen LogP contribution in [0.3, 0.4) is 0 Å². The summed E-state index contributed by atoms with van der Waals surface area (Å²) < 4.78 is 1.21. The van der Waals surface area contributed by atoms with Gasteiger partial charge in [0, 0.05) is 18.6 Å². The average molecular weight is 331 g/mol. The van der Waals surface area contributed by atoms with Gasteiger partial charge in [0.05, 0.1) is 3.79 Å². The predicted octanol–water partition coefficient (Wildman–Crippen LogP) is 3.71. The second-order valence-corrected chi connectivity index (χ2v) is 8.25. The molecule has 0 aliphatic heterocycles. The van der Waals surface area contributed by atoms with E-state index in [1.807, 2.05) is 0 Å². The minimum atomic E-state index is 0.239. The topological polar surface area (TPSA) is 29.3 Å². The highest BCUT2D eigenvalue weighted by molar-refractivity contribution is 9.11. The summed E-state index contributed by atoms with van der Waals surface area (Å²) in [6.07, 6.45) is 2.51. The molecule has 0 saturated heterocycles. The summed E-state index contributed by atoms with van der Waals surface area (Å²) in [5.74, 6) is 1.64.